The first kappa shape index (κ1) is 26.9. The lowest BCUT2D eigenvalue weighted by atomic mass is 9.98. The molecule has 224 valence electrons. The zero-order chi connectivity index (χ0) is 31.6. The zero-order valence-electron chi connectivity index (χ0n) is 25.5. The molecule has 0 bridgehead atoms. The maximum atomic E-state index is 6.46. The van der Waals surface area contributed by atoms with E-state index in [0.717, 1.165) is 44.1 Å². The van der Waals surface area contributed by atoms with E-state index in [9.17, 15) is 0 Å². The van der Waals surface area contributed by atoms with Crippen molar-refractivity contribution in [2.45, 2.75) is 0 Å². The second kappa shape index (κ2) is 10.7. The van der Waals surface area contributed by atoms with Crippen LogP contribution in [0.5, 0.6) is 0 Å². The molecule has 0 unspecified atom stereocenters. The first-order valence-electron chi connectivity index (χ1n) is 15.8. The lowest BCUT2D eigenvalue weighted by Crippen LogP contribution is -2.00. The summed E-state index contributed by atoms with van der Waals surface area (Å²) >= 11 is 1.79. The Balaban J connectivity index is 1.14. The van der Waals surface area contributed by atoms with Gasteiger partial charge in [-0.05, 0) is 64.0 Å². The van der Waals surface area contributed by atoms with Crippen LogP contribution in [0.4, 0.5) is 0 Å². The summed E-state index contributed by atoms with van der Waals surface area (Å²) in [4.78, 5) is 19.6. The Bertz CT molecular complexity index is 2770. The normalized spacial score (nSPS) is 11.8. The molecule has 0 atom stereocenters. The Kier molecular flexibility index (Phi) is 5.98. The smallest absolute Gasteiger partial charge is 0.227 e. The third-order valence-electron chi connectivity index (χ3n) is 8.92. The standard InChI is InChI=1S/C42H24N4OS/c1-4-10-25(11-5-1)39-44-40(26-12-6-2-7-13-26)46-41(45-39)30-18-19-31-28(22-30)16-17-29-23-36-33(24-32(29)31)37-35(48-36)21-20-34-38(37)47-42(43-34)27-14-8-3-9-15-27/h1-24H. The summed E-state index contributed by atoms with van der Waals surface area (Å²) in [5, 5.41) is 6.98. The average molecular weight is 633 g/mol. The second-order valence-electron chi connectivity index (χ2n) is 11.9. The second-order valence-corrected chi connectivity index (χ2v) is 13.0. The average Bonchev–Trinajstić information content (AvgIpc) is 3.76. The van der Waals surface area contributed by atoms with Crippen LogP contribution in [0.15, 0.2) is 150 Å². The van der Waals surface area contributed by atoms with Gasteiger partial charge in [-0.3, -0.25) is 0 Å². The fourth-order valence-corrected chi connectivity index (χ4v) is 7.72. The minimum absolute atomic E-state index is 0.639. The van der Waals surface area contributed by atoms with Gasteiger partial charge in [0.1, 0.15) is 5.52 Å². The Morgan fingerprint density at radius 2 is 1.02 bits per heavy atom. The van der Waals surface area contributed by atoms with Gasteiger partial charge in [-0.15, -0.1) is 11.3 Å². The quantitative estimate of drug-likeness (QED) is 0.181. The molecule has 0 spiro atoms. The van der Waals surface area contributed by atoms with Gasteiger partial charge < -0.3 is 4.42 Å². The molecule has 0 fully saturated rings. The summed E-state index contributed by atoms with van der Waals surface area (Å²) in [6, 6.07) is 50.0. The van der Waals surface area contributed by atoms with E-state index in [4.69, 9.17) is 24.4 Å². The van der Waals surface area contributed by atoms with Crippen LogP contribution >= 0.6 is 11.3 Å². The summed E-state index contributed by atoms with van der Waals surface area (Å²) in [7, 11) is 0. The van der Waals surface area contributed by atoms with Gasteiger partial charge in [0.2, 0.25) is 5.89 Å². The molecule has 0 radical (unpaired) electrons. The van der Waals surface area contributed by atoms with Crippen molar-refractivity contribution in [1.29, 1.82) is 0 Å². The molecule has 7 aromatic carbocycles. The van der Waals surface area contributed by atoms with Crippen LogP contribution in [0.3, 0.4) is 0 Å². The van der Waals surface area contributed by atoms with Crippen molar-refractivity contribution < 1.29 is 4.42 Å². The van der Waals surface area contributed by atoms with Crippen LogP contribution < -0.4 is 0 Å². The molecular formula is C42H24N4OS. The van der Waals surface area contributed by atoms with Crippen LogP contribution in [0, 0.1) is 0 Å². The molecule has 0 aliphatic rings. The highest BCUT2D eigenvalue weighted by Gasteiger charge is 2.17. The maximum absolute atomic E-state index is 6.46. The fraction of sp³-hybridized carbons (Fsp3) is 0. The number of aromatic nitrogens is 4. The van der Waals surface area contributed by atoms with Gasteiger partial charge in [0.25, 0.3) is 0 Å². The van der Waals surface area contributed by atoms with Gasteiger partial charge in [0.15, 0.2) is 23.1 Å². The molecule has 0 amide bonds. The van der Waals surface area contributed by atoms with Crippen molar-refractivity contribution in [3.8, 4) is 45.6 Å². The van der Waals surface area contributed by atoms with Gasteiger partial charge in [-0.2, -0.15) is 0 Å². The van der Waals surface area contributed by atoms with E-state index in [0.29, 0.717) is 23.4 Å². The highest BCUT2D eigenvalue weighted by atomic mass is 32.1. The number of oxazole rings is 1. The summed E-state index contributed by atoms with van der Waals surface area (Å²) in [5.74, 6) is 2.59. The van der Waals surface area contributed by atoms with Crippen LogP contribution in [-0.2, 0) is 0 Å². The Labute approximate surface area is 278 Å². The molecule has 48 heavy (non-hydrogen) atoms. The van der Waals surface area contributed by atoms with E-state index >= 15 is 0 Å². The van der Waals surface area contributed by atoms with Crippen LogP contribution in [0.1, 0.15) is 0 Å². The van der Waals surface area contributed by atoms with Crippen LogP contribution in [-0.4, -0.2) is 19.9 Å². The third-order valence-corrected chi connectivity index (χ3v) is 10.0. The molecule has 3 aromatic heterocycles. The fourth-order valence-electron chi connectivity index (χ4n) is 6.59. The Morgan fingerprint density at radius 1 is 0.417 bits per heavy atom. The minimum atomic E-state index is 0.639. The van der Waals surface area contributed by atoms with E-state index in [1.165, 1.54) is 30.9 Å². The Hall–Kier alpha value is -6.24. The molecule has 0 N–H and O–H groups in total. The largest absolute Gasteiger partial charge is 0.435 e. The number of thiophene rings is 1. The number of benzene rings is 7. The number of fused-ring (bicyclic) bond motifs is 8. The molecule has 0 saturated heterocycles. The monoisotopic (exact) mass is 632 g/mol. The van der Waals surface area contributed by atoms with Gasteiger partial charge in [-0.1, -0.05) is 103 Å². The predicted octanol–water partition coefficient (Wildman–Crippen LogP) is 11.4. The van der Waals surface area contributed by atoms with Crippen LogP contribution in [0.25, 0.3) is 98.4 Å². The van der Waals surface area contributed by atoms with Crippen molar-refractivity contribution in [1.82, 2.24) is 19.9 Å². The lowest BCUT2D eigenvalue weighted by Gasteiger charge is -2.10. The topological polar surface area (TPSA) is 64.7 Å². The molecule has 0 aliphatic heterocycles. The van der Waals surface area contributed by atoms with Gasteiger partial charge in [-0.25, -0.2) is 19.9 Å². The van der Waals surface area contributed by atoms with E-state index in [1.54, 1.807) is 11.3 Å². The molecule has 10 aromatic rings. The minimum Gasteiger partial charge on any atom is -0.435 e. The highest BCUT2D eigenvalue weighted by molar-refractivity contribution is 7.26. The Morgan fingerprint density at radius 3 is 1.69 bits per heavy atom. The number of nitrogens with zero attached hydrogens (tertiary/aromatic N) is 4. The molecule has 0 saturated carbocycles. The maximum Gasteiger partial charge on any atom is 0.227 e. The van der Waals surface area contributed by atoms with Gasteiger partial charge >= 0.3 is 0 Å². The molecular weight excluding hydrogens is 609 g/mol. The molecule has 6 heteroatoms. The number of hydrogen-bond acceptors (Lipinski definition) is 6. The summed E-state index contributed by atoms with van der Waals surface area (Å²) in [5.41, 5.74) is 5.52. The first-order chi connectivity index (χ1) is 23.7. The predicted molar refractivity (Wildman–Crippen MR) is 197 cm³/mol. The first-order valence-corrected chi connectivity index (χ1v) is 16.6. The van der Waals surface area contributed by atoms with E-state index in [-0.39, 0.29) is 0 Å². The van der Waals surface area contributed by atoms with Crippen molar-refractivity contribution in [2.24, 2.45) is 0 Å². The number of hydrogen-bond donors (Lipinski definition) is 0. The third kappa shape index (κ3) is 4.38. The van der Waals surface area contributed by atoms with Crippen molar-refractivity contribution in [3.63, 3.8) is 0 Å². The van der Waals surface area contributed by atoms with Gasteiger partial charge in [0, 0.05) is 42.4 Å². The summed E-state index contributed by atoms with van der Waals surface area (Å²) in [6.45, 7) is 0. The van der Waals surface area contributed by atoms with Gasteiger partial charge in [0.05, 0.1) is 0 Å². The zero-order valence-corrected chi connectivity index (χ0v) is 26.3. The number of rotatable bonds is 4. The highest BCUT2D eigenvalue weighted by Crippen LogP contribution is 2.42. The summed E-state index contributed by atoms with van der Waals surface area (Å²) in [6.07, 6.45) is 0. The summed E-state index contributed by atoms with van der Waals surface area (Å²) < 4.78 is 8.87. The van der Waals surface area contributed by atoms with E-state index < -0.39 is 0 Å². The molecule has 0 aliphatic carbocycles. The molecule has 5 nitrogen and oxygen atoms in total. The van der Waals surface area contributed by atoms with E-state index in [1.807, 2.05) is 91.0 Å². The lowest BCUT2D eigenvalue weighted by molar-refractivity contribution is 0.623. The van der Waals surface area contributed by atoms with Crippen molar-refractivity contribution in [3.05, 3.63) is 146 Å². The van der Waals surface area contributed by atoms with Crippen LogP contribution in [0.2, 0.25) is 0 Å². The van der Waals surface area contributed by atoms with Crippen molar-refractivity contribution in [2.75, 3.05) is 0 Å². The molecule has 3 heterocycles. The van der Waals surface area contributed by atoms with E-state index in [2.05, 4.69) is 54.6 Å². The molecule has 10 rings (SSSR count). The van der Waals surface area contributed by atoms with Crippen molar-refractivity contribution >= 4 is 64.2 Å². The SMILES string of the molecule is c1ccc(-c2nc(-c3ccccc3)nc(-c3ccc4c(ccc5cc6sc7ccc8nc(-c9ccccc9)oc8c7c6cc54)c3)n2)cc1.